The molecule has 0 fully saturated rings. The van der Waals surface area contributed by atoms with Crippen LogP contribution in [0.4, 0.5) is 5.69 Å². The lowest BCUT2D eigenvalue weighted by Gasteiger charge is -2.12. The number of benzene rings is 2. The van der Waals surface area contributed by atoms with Crippen molar-refractivity contribution in [2.24, 2.45) is 5.10 Å². The van der Waals surface area contributed by atoms with Crippen molar-refractivity contribution < 1.29 is 14.6 Å². The van der Waals surface area contributed by atoms with Crippen molar-refractivity contribution in [1.82, 2.24) is 5.43 Å². The molecule has 0 bridgehead atoms. The molecule has 0 aliphatic rings. The third-order valence-corrected chi connectivity index (χ3v) is 3.47. The van der Waals surface area contributed by atoms with Crippen LogP contribution in [-0.2, 0) is 0 Å². The molecule has 2 aromatic rings. The minimum absolute atomic E-state index is 0.113. The standard InChI is InChI=1S/C17H19N3O3S/c1-11(13-10-12(22-2)8-9-15(13)21)19-20-17(24)18-14-6-4-5-7-16(14)23-3/h4-10,21H,1-3H3,(H2,18,20,24)/b19-11+. The molecule has 0 unspecified atom stereocenters. The SMILES string of the molecule is COc1ccc(O)c(/C(C)=N/NC(=S)Nc2ccccc2OC)c1. The fourth-order valence-corrected chi connectivity index (χ4v) is 2.18. The van der Waals surface area contributed by atoms with Crippen molar-refractivity contribution in [1.29, 1.82) is 0 Å². The Morgan fingerprint density at radius 3 is 2.58 bits per heavy atom. The molecule has 0 aliphatic carbocycles. The Bertz CT molecular complexity index is 762. The van der Waals surface area contributed by atoms with E-state index in [1.165, 1.54) is 0 Å². The number of ether oxygens (including phenoxy) is 2. The van der Waals surface area contributed by atoms with Crippen LogP contribution < -0.4 is 20.2 Å². The number of para-hydroxylation sites is 2. The average Bonchev–Trinajstić information content (AvgIpc) is 2.60. The highest BCUT2D eigenvalue weighted by Crippen LogP contribution is 2.24. The second kappa shape index (κ2) is 8.16. The van der Waals surface area contributed by atoms with E-state index in [0.29, 0.717) is 27.9 Å². The van der Waals surface area contributed by atoms with Crippen molar-refractivity contribution in [3.05, 3.63) is 48.0 Å². The lowest BCUT2D eigenvalue weighted by Crippen LogP contribution is -2.25. The van der Waals surface area contributed by atoms with Gasteiger partial charge in [-0.15, -0.1) is 0 Å². The van der Waals surface area contributed by atoms with E-state index in [2.05, 4.69) is 15.8 Å². The van der Waals surface area contributed by atoms with Gasteiger partial charge in [0, 0.05) is 5.56 Å². The van der Waals surface area contributed by atoms with Gasteiger partial charge in [-0.1, -0.05) is 12.1 Å². The van der Waals surface area contributed by atoms with Crippen LogP contribution in [0.15, 0.2) is 47.6 Å². The largest absolute Gasteiger partial charge is 0.507 e. The monoisotopic (exact) mass is 345 g/mol. The van der Waals surface area contributed by atoms with E-state index in [0.717, 1.165) is 5.69 Å². The van der Waals surface area contributed by atoms with Crippen molar-refractivity contribution in [3.8, 4) is 17.2 Å². The van der Waals surface area contributed by atoms with Crippen molar-refractivity contribution in [2.45, 2.75) is 6.92 Å². The molecule has 0 saturated heterocycles. The Morgan fingerprint density at radius 2 is 1.88 bits per heavy atom. The van der Waals surface area contributed by atoms with E-state index in [1.54, 1.807) is 39.3 Å². The maximum atomic E-state index is 9.94. The Balaban J connectivity index is 2.08. The van der Waals surface area contributed by atoms with Crippen LogP contribution in [0.1, 0.15) is 12.5 Å². The number of methoxy groups -OCH3 is 2. The number of hydrazone groups is 1. The predicted molar refractivity (Wildman–Crippen MR) is 99.2 cm³/mol. The molecule has 0 radical (unpaired) electrons. The van der Waals surface area contributed by atoms with Gasteiger partial charge in [0.25, 0.3) is 0 Å². The zero-order valence-electron chi connectivity index (χ0n) is 13.7. The highest BCUT2D eigenvalue weighted by atomic mass is 32.1. The van der Waals surface area contributed by atoms with Crippen LogP contribution >= 0.6 is 12.2 Å². The lowest BCUT2D eigenvalue weighted by atomic mass is 10.1. The number of rotatable bonds is 5. The summed E-state index contributed by atoms with van der Waals surface area (Å²) in [7, 11) is 3.15. The number of anilines is 1. The second-order valence-corrected chi connectivity index (χ2v) is 5.25. The van der Waals surface area contributed by atoms with Crippen LogP contribution in [0.2, 0.25) is 0 Å². The van der Waals surface area contributed by atoms with Gasteiger partial charge in [0.1, 0.15) is 17.2 Å². The molecule has 3 N–H and O–H groups in total. The molecule has 0 heterocycles. The third-order valence-electron chi connectivity index (χ3n) is 3.27. The molecule has 7 heteroatoms. The Kier molecular flexibility index (Phi) is 5.97. The topological polar surface area (TPSA) is 75.1 Å². The molecular weight excluding hydrogens is 326 g/mol. The first-order valence-electron chi connectivity index (χ1n) is 7.17. The number of hydrogen-bond donors (Lipinski definition) is 3. The van der Waals surface area contributed by atoms with Crippen molar-refractivity contribution >= 4 is 28.7 Å². The van der Waals surface area contributed by atoms with Crippen LogP contribution in [0, 0.1) is 0 Å². The highest BCUT2D eigenvalue weighted by molar-refractivity contribution is 7.80. The Morgan fingerprint density at radius 1 is 1.12 bits per heavy atom. The van der Waals surface area contributed by atoms with Crippen molar-refractivity contribution in [2.75, 3.05) is 19.5 Å². The minimum Gasteiger partial charge on any atom is -0.507 e. The predicted octanol–water partition coefficient (Wildman–Crippen LogP) is 3.12. The van der Waals surface area contributed by atoms with Gasteiger partial charge in [-0.2, -0.15) is 5.10 Å². The molecule has 0 aromatic heterocycles. The fourth-order valence-electron chi connectivity index (χ4n) is 2.02. The van der Waals surface area contributed by atoms with E-state index in [4.69, 9.17) is 21.7 Å². The summed E-state index contributed by atoms with van der Waals surface area (Å²) >= 11 is 5.22. The second-order valence-electron chi connectivity index (χ2n) is 4.85. The zero-order chi connectivity index (χ0) is 17.5. The normalized spacial score (nSPS) is 10.9. The van der Waals surface area contributed by atoms with Gasteiger partial charge in [0.05, 0.1) is 25.6 Å². The van der Waals surface area contributed by atoms with Gasteiger partial charge in [-0.3, -0.25) is 5.43 Å². The molecule has 0 aliphatic heterocycles. The summed E-state index contributed by atoms with van der Waals surface area (Å²) in [6.07, 6.45) is 0. The highest BCUT2D eigenvalue weighted by Gasteiger charge is 2.08. The van der Waals surface area contributed by atoms with Crippen LogP contribution in [0.25, 0.3) is 0 Å². The molecule has 2 rings (SSSR count). The molecule has 0 saturated carbocycles. The number of thiocarbonyl (C=S) groups is 1. The van der Waals surface area contributed by atoms with Gasteiger partial charge in [-0.25, -0.2) is 0 Å². The fraction of sp³-hybridized carbons (Fsp3) is 0.176. The summed E-state index contributed by atoms with van der Waals surface area (Å²) in [5, 5.41) is 17.4. The van der Waals surface area contributed by atoms with E-state index in [-0.39, 0.29) is 5.75 Å². The first-order valence-corrected chi connectivity index (χ1v) is 7.57. The first kappa shape index (κ1) is 17.6. The minimum atomic E-state index is 0.113. The number of nitrogens with one attached hydrogen (secondary N) is 2. The summed E-state index contributed by atoms with van der Waals surface area (Å²) in [5.41, 5.74) is 4.60. The number of hydrogen-bond acceptors (Lipinski definition) is 5. The average molecular weight is 345 g/mol. The molecule has 24 heavy (non-hydrogen) atoms. The summed E-state index contributed by atoms with van der Waals surface area (Å²) < 4.78 is 10.4. The smallest absolute Gasteiger partial charge is 0.191 e. The van der Waals surface area contributed by atoms with Gasteiger partial charge >= 0.3 is 0 Å². The summed E-state index contributed by atoms with van der Waals surface area (Å²) in [5.74, 6) is 1.42. The summed E-state index contributed by atoms with van der Waals surface area (Å²) in [6, 6.07) is 12.3. The van der Waals surface area contributed by atoms with Gasteiger partial charge in [0.15, 0.2) is 5.11 Å². The Labute approximate surface area is 146 Å². The molecule has 6 nitrogen and oxygen atoms in total. The number of nitrogens with zero attached hydrogens (tertiary/aromatic N) is 1. The number of phenolic OH excluding ortho intramolecular Hbond substituents is 1. The Hall–Kier alpha value is -2.80. The third kappa shape index (κ3) is 4.36. The molecule has 126 valence electrons. The van der Waals surface area contributed by atoms with Crippen LogP contribution in [-0.4, -0.2) is 30.2 Å². The maximum Gasteiger partial charge on any atom is 0.191 e. The first-order chi connectivity index (χ1) is 11.5. The van der Waals surface area contributed by atoms with Gasteiger partial charge < -0.3 is 19.9 Å². The summed E-state index contributed by atoms with van der Waals surface area (Å²) in [4.78, 5) is 0. The molecule has 0 atom stereocenters. The van der Waals surface area contributed by atoms with Crippen LogP contribution in [0.3, 0.4) is 0 Å². The number of phenols is 1. The van der Waals surface area contributed by atoms with E-state index in [1.807, 2.05) is 24.3 Å². The van der Waals surface area contributed by atoms with Crippen LogP contribution in [0.5, 0.6) is 17.2 Å². The summed E-state index contributed by atoms with van der Waals surface area (Å²) in [6.45, 7) is 1.76. The molecule has 2 aromatic carbocycles. The van der Waals surface area contributed by atoms with Crippen molar-refractivity contribution in [3.63, 3.8) is 0 Å². The van der Waals surface area contributed by atoms with E-state index < -0.39 is 0 Å². The van der Waals surface area contributed by atoms with Gasteiger partial charge in [-0.05, 0) is 49.5 Å². The van der Waals surface area contributed by atoms with E-state index in [9.17, 15) is 5.11 Å². The molecule has 0 amide bonds. The maximum absolute atomic E-state index is 9.94. The quantitative estimate of drug-likeness (QED) is 0.439. The zero-order valence-corrected chi connectivity index (χ0v) is 14.5. The van der Waals surface area contributed by atoms with E-state index >= 15 is 0 Å². The molecule has 0 spiro atoms. The van der Waals surface area contributed by atoms with Gasteiger partial charge in [0.2, 0.25) is 0 Å². The lowest BCUT2D eigenvalue weighted by molar-refractivity contribution is 0.412. The number of aromatic hydroxyl groups is 1. The molecular formula is C17H19N3O3S.